The molecule has 1 N–H and O–H groups in total. The summed E-state index contributed by atoms with van der Waals surface area (Å²) in [6, 6.07) is -0.0117. The second-order valence-electron chi connectivity index (χ2n) is 6.18. The summed E-state index contributed by atoms with van der Waals surface area (Å²) in [5, 5.41) is 3.45. The monoisotopic (exact) mass is 254 g/mol. The Morgan fingerprint density at radius 3 is 2.78 bits per heavy atom. The molecule has 0 spiro atoms. The summed E-state index contributed by atoms with van der Waals surface area (Å²) >= 11 is 0. The number of carbonyl (C=O) groups is 1. The van der Waals surface area contributed by atoms with Crippen molar-refractivity contribution >= 4 is 5.91 Å². The molecule has 0 saturated carbocycles. The van der Waals surface area contributed by atoms with Gasteiger partial charge in [-0.15, -0.1) is 0 Å². The summed E-state index contributed by atoms with van der Waals surface area (Å²) in [4.78, 5) is 14.4. The van der Waals surface area contributed by atoms with Gasteiger partial charge in [-0.05, 0) is 32.1 Å². The van der Waals surface area contributed by atoms with Crippen LogP contribution in [-0.2, 0) is 9.53 Å². The van der Waals surface area contributed by atoms with Crippen molar-refractivity contribution in [3.63, 3.8) is 0 Å². The molecule has 0 radical (unpaired) electrons. The molecule has 0 bridgehead atoms. The second-order valence-corrected chi connectivity index (χ2v) is 6.18. The van der Waals surface area contributed by atoms with Crippen LogP contribution in [0.25, 0.3) is 0 Å². The van der Waals surface area contributed by atoms with Crippen LogP contribution < -0.4 is 5.32 Å². The van der Waals surface area contributed by atoms with Gasteiger partial charge in [0.05, 0.1) is 24.4 Å². The summed E-state index contributed by atoms with van der Waals surface area (Å²) < 4.78 is 5.83. The minimum absolute atomic E-state index is 0.0117. The highest BCUT2D eigenvalue weighted by Crippen LogP contribution is 2.29. The van der Waals surface area contributed by atoms with Gasteiger partial charge in [-0.3, -0.25) is 10.1 Å². The molecule has 2 rings (SSSR count). The summed E-state index contributed by atoms with van der Waals surface area (Å²) in [5.41, 5.74) is -0.146. The maximum absolute atomic E-state index is 12.4. The van der Waals surface area contributed by atoms with E-state index in [0.29, 0.717) is 5.92 Å². The molecule has 2 heterocycles. The van der Waals surface area contributed by atoms with E-state index in [4.69, 9.17) is 4.74 Å². The lowest BCUT2D eigenvalue weighted by Crippen LogP contribution is -2.48. The highest BCUT2D eigenvalue weighted by atomic mass is 16.5. The third kappa shape index (κ3) is 2.54. The highest BCUT2D eigenvalue weighted by molar-refractivity contribution is 5.84. The molecule has 3 atom stereocenters. The number of nitrogens with zero attached hydrogens (tertiary/aromatic N) is 1. The Balaban J connectivity index is 2.10. The summed E-state index contributed by atoms with van der Waals surface area (Å²) in [6.07, 6.45) is 3.17. The van der Waals surface area contributed by atoms with E-state index in [1.807, 2.05) is 4.90 Å². The zero-order valence-electron chi connectivity index (χ0n) is 12.0. The average molecular weight is 254 g/mol. The van der Waals surface area contributed by atoms with Crippen molar-refractivity contribution in [3.8, 4) is 0 Å². The molecule has 0 aromatic rings. The van der Waals surface area contributed by atoms with E-state index in [1.165, 1.54) is 0 Å². The average Bonchev–Trinajstić information content (AvgIpc) is 2.86. The number of amides is 1. The van der Waals surface area contributed by atoms with E-state index >= 15 is 0 Å². The number of nitrogens with one attached hydrogen (secondary N) is 1. The van der Waals surface area contributed by atoms with Gasteiger partial charge >= 0.3 is 0 Å². The predicted octanol–water partition coefficient (Wildman–Crippen LogP) is 1.75. The fraction of sp³-hybridized carbons (Fsp3) is 0.929. The van der Waals surface area contributed by atoms with Crippen LogP contribution in [0.15, 0.2) is 0 Å². The smallest absolute Gasteiger partial charge is 0.241 e. The standard InChI is InChI=1S/C14H26N2O2/c1-5-11-13(17)16(12(15-11)10(2)3)9-14(4)7-6-8-18-14/h10-12,15H,5-9H2,1-4H3. The van der Waals surface area contributed by atoms with Crippen molar-refractivity contribution < 1.29 is 9.53 Å². The molecule has 3 unspecified atom stereocenters. The van der Waals surface area contributed by atoms with Gasteiger partial charge in [-0.25, -0.2) is 0 Å². The molecular weight excluding hydrogens is 228 g/mol. The third-order valence-corrected chi connectivity index (χ3v) is 4.13. The minimum atomic E-state index is -0.146. The van der Waals surface area contributed by atoms with E-state index in [-0.39, 0.29) is 23.7 Å². The first-order valence-corrected chi connectivity index (χ1v) is 7.17. The Hall–Kier alpha value is -0.610. The van der Waals surface area contributed by atoms with Crippen LogP contribution in [0.5, 0.6) is 0 Å². The Morgan fingerprint density at radius 1 is 1.56 bits per heavy atom. The van der Waals surface area contributed by atoms with Gasteiger partial charge in [-0.2, -0.15) is 0 Å². The van der Waals surface area contributed by atoms with Gasteiger partial charge in [0, 0.05) is 6.61 Å². The number of hydrogen-bond acceptors (Lipinski definition) is 3. The molecule has 1 amide bonds. The second kappa shape index (κ2) is 5.17. The van der Waals surface area contributed by atoms with Crippen molar-refractivity contribution in [3.05, 3.63) is 0 Å². The first-order chi connectivity index (χ1) is 8.47. The third-order valence-electron chi connectivity index (χ3n) is 4.13. The molecule has 4 heteroatoms. The molecule has 2 fully saturated rings. The lowest BCUT2D eigenvalue weighted by atomic mass is 10.0. The largest absolute Gasteiger partial charge is 0.373 e. The van der Waals surface area contributed by atoms with Crippen molar-refractivity contribution in [2.24, 2.45) is 5.92 Å². The number of ether oxygens (including phenoxy) is 1. The zero-order chi connectivity index (χ0) is 13.3. The van der Waals surface area contributed by atoms with E-state index in [9.17, 15) is 4.79 Å². The van der Waals surface area contributed by atoms with Crippen molar-refractivity contribution in [2.45, 2.75) is 64.8 Å². The maximum atomic E-state index is 12.4. The zero-order valence-corrected chi connectivity index (χ0v) is 12.0. The van der Waals surface area contributed by atoms with Crippen LogP contribution in [0.2, 0.25) is 0 Å². The van der Waals surface area contributed by atoms with E-state index in [1.54, 1.807) is 0 Å². The molecule has 0 aromatic carbocycles. The van der Waals surface area contributed by atoms with Crippen LogP contribution in [0.4, 0.5) is 0 Å². The van der Waals surface area contributed by atoms with Gasteiger partial charge in [-0.1, -0.05) is 20.8 Å². The lowest BCUT2D eigenvalue weighted by molar-refractivity contribution is -0.134. The molecule has 2 aliphatic heterocycles. The van der Waals surface area contributed by atoms with E-state index < -0.39 is 0 Å². The van der Waals surface area contributed by atoms with Crippen LogP contribution in [0.3, 0.4) is 0 Å². The maximum Gasteiger partial charge on any atom is 0.241 e. The van der Waals surface area contributed by atoms with E-state index in [2.05, 4.69) is 33.0 Å². The Morgan fingerprint density at radius 2 is 2.28 bits per heavy atom. The molecular formula is C14H26N2O2. The summed E-state index contributed by atoms with van der Waals surface area (Å²) in [7, 11) is 0. The highest BCUT2D eigenvalue weighted by Gasteiger charge is 2.43. The number of carbonyl (C=O) groups excluding carboxylic acids is 1. The van der Waals surface area contributed by atoms with Gasteiger partial charge < -0.3 is 9.64 Å². The number of hydrogen-bond donors (Lipinski definition) is 1. The first kappa shape index (κ1) is 13.8. The summed E-state index contributed by atoms with van der Waals surface area (Å²) in [6.45, 7) is 10.1. The first-order valence-electron chi connectivity index (χ1n) is 7.17. The Bertz CT molecular complexity index is 311. The molecule has 18 heavy (non-hydrogen) atoms. The SMILES string of the molecule is CCC1NC(C(C)C)N(CC2(C)CCCO2)C1=O. The van der Waals surface area contributed by atoms with Gasteiger partial charge in [0.1, 0.15) is 0 Å². The lowest BCUT2D eigenvalue weighted by Gasteiger charge is -2.34. The molecule has 0 aliphatic carbocycles. The van der Waals surface area contributed by atoms with Crippen LogP contribution in [0, 0.1) is 5.92 Å². The quantitative estimate of drug-likeness (QED) is 0.831. The molecule has 2 saturated heterocycles. The van der Waals surface area contributed by atoms with Crippen molar-refractivity contribution in [1.82, 2.24) is 10.2 Å². The minimum Gasteiger partial charge on any atom is -0.373 e. The Labute approximate surface area is 110 Å². The van der Waals surface area contributed by atoms with Crippen molar-refractivity contribution in [2.75, 3.05) is 13.2 Å². The van der Waals surface area contributed by atoms with Gasteiger partial charge in [0.25, 0.3) is 0 Å². The number of rotatable bonds is 4. The topological polar surface area (TPSA) is 41.6 Å². The van der Waals surface area contributed by atoms with Crippen molar-refractivity contribution in [1.29, 1.82) is 0 Å². The van der Waals surface area contributed by atoms with E-state index in [0.717, 1.165) is 32.4 Å². The fourth-order valence-electron chi connectivity index (χ4n) is 3.05. The molecule has 2 aliphatic rings. The molecule has 4 nitrogen and oxygen atoms in total. The van der Waals surface area contributed by atoms with Gasteiger partial charge in [0.15, 0.2) is 0 Å². The van der Waals surface area contributed by atoms with Crippen LogP contribution in [0.1, 0.15) is 47.0 Å². The molecule has 0 aromatic heterocycles. The summed E-state index contributed by atoms with van der Waals surface area (Å²) in [5.74, 6) is 0.670. The van der Waals surface area contributed by atoms with Crippen LogP contribution >= 0.6 is 0 Å². The predicted molar refractivity (Wildman–Crippen MR) is 71.1 cm³/mol. The molecule has 104 valence electrons. The Kier molecular flexibility index (Phi) is 3.97. The van der Waals surface area contributed by atoms with Crippen LogP contribution in [-0.4, -0.2) is 41.8 Å². The van der Waals surface area contributed by atoms with Gasteiger partial charge in [0.2, 0.25) is 5.91 Å². The fourth-order valence-corrected chi connectivity index (χ4v) is 3.05. The normalized spacial score (nSPS) is 36.9.